The smallest absolute Gasteiger partial charge is 0.255 e. The third kappa shape index (κ3) is 5.76. The summed E-state index contributed by atoms with van der Waals surface area (Å²) < 4.78 is 6.26. The van der Waals surface area contributed by atoms with Crippen molar-refractivity contribution >= 4 is 58.2 Å². The van der Waals surface area contributed by atoms with E-state index in [-0.39, 0.29) is 29.8 Å². The molecule has 0 bridgehead atoms. The molecule has 2 heterocycles. The van der Waals surface area contributed by atoms with E-state index < -0.39 is 29.9 Å². The van der Waals surface area contributed by atoms with Crippen LogP contribution in [0.5, 0.6) is 0 Å². The Labute approximate surface area is 242 Å². The van der Waals surface area contributed by atoms with Crippen LogP contribution in [0.1, 0.15) is 51.0 Å². The Morgan fingerprint density at radius 2 is 1.69 bits per heavy atom. The highest BCUT2D eigenvalue weighted by Gasteiger charge is 2.55. The molecule has 3 amide bonds. The Morgan fingerprint density at radius 1 is 1.00 bits per heavy atom. The van der Waals surface area contributed by atoms with E-state index in [4.69, 9.17) is 39.5 Å². The number of halogens is 3. The maximum absolute atomic E-state index is 14.0. The number of nitrogens with zero attached hydrogens (tertiary/aromatic N) is 1. The number of carbonyl (C=O) groups is 3. The van der Waals surface area contributed by atoms with E-state index in [1.54, 1.807) is 30.3 Å². The highest BCUT2D eigenvalue weighted by atomic mass is 35.5. The summed E-state index contributed by atoms with van der Waals surface area (Å²) in [6.45, 7) is 1.99. The normalized spacial score (nSPS) is 23.0. The van der Waals surface area contributed by atoms with E-state index in [2.05, 4.69) is 10.6 Å². The van der Waals surface area contributed by atoms with E-state index in [1.807, 2.05) is 19.1 Å². The van der Waals surface area contributed by atoms with Gasteiger partial charge in [0, 0.05) is 33.3 Å². The summed E-state index contributed by atoms with van der Waals surface area (Å²) in [5, 5.41) is 7.21. The zero-order chi connectivity index (χ0) is 27.7. The van der Waals surface area contributed by atoms with Crippen molar-refractivity contribution in [2.24, 2.45) is 5.92 Å². The molecule has 206 valence electrons. The van der Waals surface area contributed by atoms with Crippen molar-refractivity contribution in [2.75, 3.05) is 5.32 Å². The molecule has 7 nitrogen and oxygen atoms in total. The van der Waals surface area contributed by atoms with Gasteiger partial charge in [0.2, 0.25) is 5.91 Å². The van der Waals surface area contributed by atoms with Gasteiger partial charge < -0.3 is 20.3 Å². The summed E-state index contributed by atoms with van der Waals surface area (Å²) in [5.74, 6) is -1.80. The van der Waals surface area contributed by atoms with Crippen molar-refractivity contribution in [3.05, 3.63) is 74.4 Å². The maximum Gasteiger partial charge on any atom is 0.255 e. The lowest BCUT2D eigenvalue weighted by Gasteiger charge is -2.31. The predicted molar refractivity (Wildman–Crippen MR) is 152 cm³/mol. The SMILES string of the molecule is CCC1OC2=C(C(=O)N(Cc3ccccc3Cl)C2C(=O)NC2CCCCC2)C1C(=O)Nc1cc(Cl)cc(Cl)c1. The molecule has 0 aromatic heterocycles. The Kier molecular flexibility index (Phi) is 8.40. The van der Waals surface area contributed by atoms with Gasteiger partial charge in [0.05, 0.1) is 5.57 Å². The molecule has 2 aliphatic heterocycles. The van der Waals surface area contributed by atoms with Crippen LogP contribution in [0, 0.1) is 5.92 Å². The van der Waals surface area contributed by atoms with Crippen LogP contribution in [0.25, 0.3) is 0 Å². The fraction of sp³-hybridized carbons (Fsp3) is 0.414. The molecular formula is C29H30Cl3N3O4. The fourth-order valence-corrected chi connectivity index (χ4v) is 6.44. The van der Waals surface area contributed by atoms with E-state index in [9.17, 15) is 14.4 Å². The van der Waals surface area contributed by atoms with Crippen molar-refractivity contribution in [3.63, 3.8) is 0 Å². The van der Waals surface area contributed by atoms with Crippen LogP contribution in [0.4, 0.5) is 5.69 Å². The number of rotatable bonds is 7. The second-order valence-corrected chi connectivity index (χ2v) is 11.5. The minimum Gasteiger partial charge on any atom is -0.490 e. The fourth-order valence-electron chi connectivity index (χ4n) is 5.72. The second kappa shape index (κ2) is 11.8. The number of amides is 3. The molecule has 39 heavy (non-hydrogen) atoms. The molecule has 0 spiro atoms. The van der Waals surface area contributed by atoms with Crippen LogP contribution in [-0.4, -0.2) is 40.8 Å². The third-order valence-electron chi connectivity index (χ3n) is 7.59. The van der Waals surface area contributed by atoms with Gasteiger partial charge in [-0.05, 0) is 49.1 Å². The quantitative estimate of drug-likeness (QED) is 0.407. The summed E-state index contributed by atoms with van der Waals surface area (Å²) in [6, 6.07) is 11.0. The standard InChI is InChI=1S/C29H30Cl3N3O4/c1-2-22-23(27(36)34-20-13-17(30)12-18(31)14-20)24-26(39-22)25(28(37)33-19-9-4-3-5-10-19)35(29(24)38)15-16-8-6-7-11-21(16)32/h6-8,11-14,19,22-23,25H,2-5,9-10,15H2,1H3,(H,33,37)(H,34,36). The topological polar surface area (TPSA) is 87.7 Å². The molecule has 5 rings (SSSR count). The summed E-state index contributed by atoms with van der Waals surface area (Å²) >= 11 is 18.7. The van der Waals surface area contributed by atoms with Crippen molar-refractivity contribution in [2.45, 2.75) is 70.2 Å². The number of benzene rings is 2. The maximum atomic E-state index is 14.0. The van der Waals surface area contributed by atoms with Gasteiger partial charge in [-0.3, -0.25) is 14.4 Å². The molecule has 0 radical (unpaired) electrons. The Balaban J connectivity index is 1.48. The van der Waals surface area contributed by atoms with E-state index in [0.717, 1.165) is 32.1 Å². The average Bonchev–Trinajstić information content (AvgIpc) is 3.40. The van der Waals surface area contributed by atoms with Crippen molar-refractivity contribution in [3.8, 4) is 0 Å². The van der Waals surface area contributed by atoms with Gasteiger partial charge in [-0.15, -0.1) is 0 Å². The third-order valence-corrected chi connectivity index (χ3v) is 8.40. The number of carbonyl (C=O) groups excluding carboxylic acids is 3. The van der Waals surface area contributed by atoms with Gasteiger partial charge in [-0.25, -0.2) is 0 Å². The van der Waals surface area contributed by atoms with Gasteiger partial charge in [0.15, 0.2) is 6.04 Å². The first kappa shape index (κ1) is 27.8. The monoisotopic (exact) mass is 589 g/mol. The first-order valence-corrected chi connectivity index (χ1v) is 14.4. The van der Waals surface area contributed by atoms with Crippen LogP contribution in [0.2, 0.25) is 15.1 Å². The number of hydrogen-bond acceptors (Lipinski definition) is 4. The largest absolute Gasteiger partial charge is 0.490 e. The molecule has 1 aliphatic carbocycles. The molecule has 3 unspecified atom stereocenters. The van der Waals surface area contributed by atoms with Crippen molar-refractivity contribution in [1.29, 1.82) is 0 Å². The first-order valence-electron chi connectivity index (χ1n) is 13.3. The molecule has 2 aromatic rings. The molecular weight excluding hydrogens is 561 g/mol. The van der Waals surface area contributed by atoms with Crippen LogP contribution >= 0.6 is 34.8 Å². The lowest BCUT2D eigenvalue weighted by atomic mass is 9.92. The van der Waals surface area contributed by atoms with Crippen LogP contribution in [0.3, 0.4) is 0 Å². The lowest BCUT2D eigenvalue weighted by molar-refractivity contribution is -0.138. The predicted octanol–water partition coefficient (Wildman–Crippen LogP) is 6.12. The van der Waals surface area contributed by atoms with Gasteiger partial charge in [-0.2, -0.15) is 0 Å². The summed E-state index contributed by atoms with van der Waals surface area (Å²) in [5.41, 5.74) is 1.32. The zero-order valence-corrected chi connectivity index (χ0v) is 23.8. The molecule has 1 fully saturated rings. The minimum absolute atomic E-state index is 0.0446. The highest BCUT2D eigenvalue weighted by Crippen LogP contribution is 2.43. The van der Waals surface area contributed by atoms with Gasteiger partial charge in [-0.1, -0.05) is 79.2 Å². The number of ether oxygens (including phenoxy) is 1. The minimum atomic E-state index is -0.988. The Bertz CT molecular complexity index is 1300. The average molecular weight is 591 g/mol. The van der Waals surface area contributed by atoms with Crippen LogP contribution < -0.4 is 10.6 Å². The Morgan fingerprint density at radius 3 is 2.36 bits per heavy atom. The molecule has 2 aromatic carbocycles. The number of nitrogens with one attached hydrogen (secondary N) is 2. The summed E-state index contributed by atoms with van der Waals surface area (Å²) in [7, 11) is 0. The zero-order valence-electron chi connectivity index (χ0n) is 21.5. The Hall–Kier alpha value is -2.74. The lowest BCUT2D eigenvalue weighted by Crippen LogP contribution is -2.51. The molecule has 3 aliphatic rings. The van der Waals surface area contributed by atoms with Gasteiger partial charge >= 0.3 is 0 Å². The van der Waals surface area contributed by atoms with Gasteiger partial charge in [0.25, 0.3) is 11.8 Å². The number of hydrogen-bond donors (Lipinski definition) is 2. The van der Waals surface area contributed by atoms with Crippen molar-refractivity contribution in [1.82, 2.24) is 10.2 Å². The van der Waals surface area contributed by atoms with E-state index in [0.29, 0.717) is 32.7 Å². The molecule has 3 atom stereocenters. The van der Waals surface area contributed by atoms with Crippen LogP contribution in [-0.2, 0) is 25.7 Å². The molecule has 10 heteroatoms. The summed E-state index contributed by atoms with van der Waals surface area (Å²) in [6.07, 6.45) is 4.92. The second-order valence-electron chi connectivity index (χ2n) is 10.2. The van der Waals surface area contributed by atoms with Crippen LogP contribution in [0.15, 0.2) is 53.8 Å². The molecule has 0 saturated heterocycles. The summed E-state index contributed by atoms with van der Waals surface area (Å²) in [4.78, 5) is 42.8. The molecule has 2 N–H and O–H groups in total. The van der Waals surface area contributed by atoms with E-state index in [1.165, 1.54) is 4.90 Å². The van der Waals surface area contributed by atoms with Gasteiger partial charge in [0.1, 0.15) is 17.8 Å². The number of anilines is 1. The van der Waals surface area contributed by atoms with Crippen molar-refractivity contribution < 1.29 is 19.1 Å². The molecule has 1 saturated carbocycles. The van der Waals surface area contributed by atoms with E-state index >= 15 is 0 Å². The first-order chi connectivity index (χ1) is 18.8. The highest BCUT2D eigenvalue weighted by molar-refractivity contribution is 6.35.